The van der Waals surface area contributed by atoms with Gasteiger partial charge in [-0.1, -0.05) is 19.1 Å². The molecular formula is C21H20FN3O4. The smallest absolute Gasteiger partial charge is 0.325 e. The van der Waals surface area contributed by atoms with E-state index in [9.17, 15) is 19.1 Å². The van der Waals surface area contributed by atoms with Crippen molar-refractivity contribution in [1.29, 1.82) is 5.26 Å². The SMILES string of the molecule is CC[C@@]1(c2ccc(F)cc2)NC(=O)N(C[C@H](O)COc2ccc(C#N)cc2)C1=O. The van der Waals surface area contributed by atoms with E-state index in [4.69, 9.17) is 10.00 Å². The number of nitrogens with zero attached hydrogens (tertiary/aromatic N) is 2. The molecule has 2 aromatic carbocycles. The highest BCUT2D eigenvalue weighted by molar-refractivity contribution is 6.07. The Morgan fingerprint density at radius 3 is 2.45 bits per heavy atom. The molecule has 1 aliphatic rings. The van der Waals surface area contributed by atoms with E-state index >= 15 is 0 Å². The van der Waals surface area contributed by atoms with Gasteiger partial charge in [-0.2, -0.15) is 5.26 Å². The van der Waals surface area contributed by atoms with E-state index in [0.29, 0.717) is 16.9 Å². The van der Waals surface area contributed by atoms with Gasteiger partial charge in [-0.25, -0.2) is 9.18 Å². The fourth-order valence-electron chi connectivity index (χ4n) is 3.25. The number of halogens is 1. The van der Waals surface area contributed by atoms with Gasteiger partial charge in [0.1, 0.15) is 29.8 Å². The first-order chi connectivity index (χ1) is 13.9. The lowest BCUT2D eigenvalue weighted by molar-refractivity contribution is -0.132. The Hall–Kier alpha value is -3.44. The Morgan fingerprint density at radius 1 is 1.21 bits per heavy atom. The zero-order valence-corrected chi connectivity index (χ0v) is 15.8. The summed E-state index contributed by atoms with van der Waals surface area (Å²) in [5.74, 6) is -0.493. The van der Waals surface area contributed by atoms with Gasteiger partial charge in [0.05, 0.1) is 18.2 Å². The average Bonchev–Trinajstić information content (AvgIpc) is 2.98. The fraction of sp³-hybridized carbons (Fsp3) is 0.286. The molecule has 2 N–H and O–H groups in total. The van der Waals surface area contributed by atoms with Crippen molar-refractivity contribution in [3.63, 3.8) is 0 Å². The van der Waals surface area contributed by atoms with Gasteiger partial charge in [0.25, 0.3) is 5.91 Å². The number of ether oxygens (including phenoxy) is 1. The summed E-state index contributed by atoms with van der Waals surface area (Å²) in [6, 6.07) is 13.1. The van der Waals surface area contributed by atoms with Gasteiger partial charge in [-0.3, -0.25) is 9.69 Å². The zero-order valence-electron chi connectivity index (χ0n) is 15.8. The Kier molecular flexibility index (Phi) is 5.80. The standard InChI is InChI=1S/C21H20FN3O4/c1-2-21(15-5-7-16(22)8-6-15)19(27)25(20(28)24-21)12-17(26)13-29-18-9-3-14(11-23)4-10-18/h3-10,17,26H,2,12-13H2,1H3,(H,24,28)/t17-,21-/m0/s1. The highest BCUT2D eigenvalue weighted by atomic mass is 19.1. The van der Waals surface area contributed by atoms with Crippen LogP contribution in [0, 0.1) is 17.1 Å². The second-order valence-corrected chi connectivity index (χ2v) is 6.71. The number of aliphatic hydroxyl groups excluding tert-OH is 1. The predicted molar refractivity (Wildman–Crippen MR) is 101 cm³/mol. The first kappa shape index (κ1) is 20.3. The van der Waals surface area contributed by atoms with Crippen molar-refractivity contribution in [2.24, 2.45) is 0 Å². The van der Waals surface area contributed by atoms with Gasteiger partial charge < -0.3 is 15.2 Å². The number of hydrogen-bond donors (Lipinski definition) is 2. The van der Waals surface area contributed by atoms with Crippen LogP contribution in [0.5, 0.6) is 5.75 Å². The number of rotatable bonds is 7. The Morgan fingerprint density at radius 2 is 1.86 bits per heavy atom. The van der Waals surface area contributed by atoms with Crippen LogP contribution in [0.25, 0.3) is 0 Å². The molecule has 8 heteroatoms. The zero-order chi connectivity index (χ0) is 21.0. The number of β-amino-alcohol motifs (C(OH)–C–C–N with tert-alkyl or cyclic N) is 1. The maximum Gasteiger partial charge on any atom is 0.325 e. The van der Waals surface area contributed by atoms with E-state index in [1.54, 1.807) is 31.2 Å². The molecule has 2 aromatic rings. The third kappa shape index (κ3) is 4.05. The number of nitriles is 1. The molecule has 0 bridgehead atoms. The number of urea groups is 1. The van der Waals surface area contributed by atoms with Gasteiger partial charge in [-0.05, 0) is 48.4 Å². The number of carbonyl (C=O) groups is 2. The van der Waals surface area contributed by atoms with Gasteiger partial charge in [0.15, 0.2) is 0 Å². The van der Waals surface area contributed by atoms with Crippen molar-refractivity contribution in [1.82, 2.24) is 10.2 Å². The van der Waals surface area contributed by atoms with Crippen molar-refractivity contribution >= 4 is 11.9 Å². The van der Waals surface area contributed by atoms with E-state index in [1.165, 1.54) is 24.3 Å². The number of hydrogen-bond acceptors (Lipinski definition) is 5. The van der Waals surface area contributed by atoms with E-state index in [1.807, 2.05) is 6.07 Å². The molecule has 0 unspecified atom stereocenters. The predicted octanol–water partition coefficient (Wildman–Crippen LogP) is 2.29. The van der Waals surface area contributed by atoms with Crippen molar-refractivity contribution < 1.29 is 23.8 Å². The molecule has 3 rings (SSSR count). The van der Waals surface area contributed by atoms with Crippen molar-refractivity contribution in [3.05, 3.63) is 65.5 Å². The Labute approximate surface area is 167 Å². The Bertz CT molecular complexity index is 940. The van der Waals surface area contributed by atoms with Crippen LogP contribution in [-0.4, -0.2) is 41.2 Å². The van der Waals surface area contributed by atoms with E-state index < -0.39 is 29.4 Å². The lowest BCUT2D eigenvalue weighted by Crippen LogP contribution is -2.44. The monoisotopic (exact) mass is 397 g/mol. The quantitative estimate of drug-likeness (QED) is 0.698. The summed E-state index contributed by atoms with van der Waals surface area (Å²) in [5.41, 5.74) is -0.335. The summed E-state index contributed by atoms with van der Waals surface area (Å²) in [5, 5.41) is 21.7. The van der Waals surface area contributed by atoms with Gasteiger partial charge in [0, 0.05) is 0 Å². The second kappa shape index (κ2) is 8.29. The Balaban J connectivity index is 1.67. The van der Waals surface area contributed by atoms with Crippen LogP contribution < -0.4 is 10.1 Å². The van der Waals surface area contributed by atoms with Crippen LogP contribution in [0.4, 0.5) is 9.18 Å². The van der Waals surface area contributed by atoms with E-state index in [2.05, 4.69) is 5.32 Å². The lowest BCUT2D eigenvalue weighted by atomic mass is 9.87. The summed E-state index contributed by atoms with van der Waals surface area (Å²) in [6.07, 6.45) is -0.835. The molecule has 1 fully saturated rings. The molecule has 29 heavy (non-hydrogen) atoms. The molecule has 2 atom stereocenters. The third-order valence-electron chi connectivity index (χ3n) is 4.86. The van der Waals surface area contributed by atoms with E-state index in [0.717, 1.165) is 4.90 Å². The summed E-state index contributed by atoms with van der Waals surface area (Å²) >= 11 is 0. The summed E-state index contributed by atoms with van der Waals surface area (Å²) in [7, 11) is 0. The van der Waals surface area contributed by atoms with Gasteiger partial charge in [-0.15, -0.1) is 0 Å². The molecule has 0 aromatic heterocycles. The number of aliphatic hydroxyl groups is 1. The maximum absolute atomic E-state index is 13.2. The summed E-state index contributed by atoms with van der Waals surface area (Å²) < 4.78 is 18.7. The van der Waals surface area contributed by atoms with Crippen LogP contribution in [0.2, 0.25) is 0 Å². The first-order valence-corrected chi connectivity index (χ1v) is 9.11. The van der Waals surface area contributed by atoms with Crippen molar-refractivity contribution in [2.75, 3.05) is 13.2 Å². The molecule has 0 radical (unpaired) electrons. The number of amides is 3. The second-order valence-electron chi connectivity index (χ2n) is 6.71. The average molecular weight is 397 g/mol. The summed E-state index contributed by atoms with van der Waals surface area (Å²) in [6.45, 7) is 1.36. The lowest BCUT2D eigenvalue weighted by Gasteiger charge is -2.26. The number of nitrogens with one attached hydrogen (secondary N) is 1. The van der Waals surface area contributed by atoms with Crippen LogP contribution in [-0.2, 0) is 10.3 Å². The summed E-state index contributed by atoms with van der Waals surface area (Å²) in [4.78, 5) is 26.4. The molecule has 7 nitrogen and oxygen atoms in total. The molecule has 1 heterocycles. The first-order valence-electron chi connectivity index (χ1n) is 9.11. The molecule has 0 aliphatic carbocycles. The largest absolute Gasteiger partial charge is 0.491 e. The molecule has 1 saturated heterocycles. The molecule has 150 valence electrons. The minimum absolute atomic E-state index is 0.140. The van der Waals surface area contributed by atoms with Crippen LogP contribution in [0.3, 0.4) is 0 Å². The molecule has 1 aliphatic heterocycles. The minimum atomic E-state index is -1.29. The van der Waals surface area contributed by atoms with Gasteiger partial charge >= 0.3 is 6.03 Å². The highest BCUT2D eigenvalue weighted by Gasteiger charge is 2.51. The van der Waals surface area contributed by atoms with Crippen LogP contribution in [0.15, 0.2) is 48.5 Å². The number of carbonyl (C=O) groups excluding carboxylic acids is 2. The van der Waals surface area contributed by atoms with Crippen molar-refractivity contribution in [2.45, 2.75) is 25.0 Å². The number of benzene rings is 2. The third-order valence-corrected chi connectivity index (χ3v) is 4.86. The topological polar surface area (TPSA) is 103 Å². The molecule has 0 spiro atoms. The minimum Gasteiger partial charge on any atom is -0.491 e. The van der Waals surface area contributed by atoms with Crippen LogP contribution in [0.1, 0.15) is 24.5 Å². The maximum atomic E-state index is 13.2. The number of imide groups is 1. The highest BCUT2D eigenvalue weighted by Crippen LogP contribution is 2.32. The fourth-order valence-corrected chi connectivity index (χ4v) is 3.25. The van der Waals surface area contributed by atoms with Crippen molar-refractivity contribution in [3.8, 4) is 11.8 Å². The molecular weight excluding hydrogens is 377 g/mol. The molecule has 3 amide bonds. The molecule has 0 saturated carbocycles. The normalized spacial score (nSPS) is 19.6. The van der Waals surface area contributed by atoms with Gasteiger partial charge in [0.2, 0.25) is 0 Å². The van der Waals surface area contributed by atoms with E-state index in [-0.39, 0.29) is 19.6 Å². The van der Waals surface area contributed by atoms with Crippen LogP contribution >= 0.6 is 0 Å².